The Balaban J connectivity index is 1.72. The lowest BCUT2D eigenvalue weighted by molar-refractivity contribution is 0.0691. The summed E-state index contributed by atoms with van der Waals surface area (Å²) in [6.45, 7) is 2.42. The molecule has 1 saturated heterocycles. The number of halogens is 1. The van der Waals surface area contributed by atoms with Crippen LogP contribution in [0.25, 0.3) is 0 Å². The van der Waals surface area contributed by atoms with E-state index in [4.69, 9.17) is 0 Å². The summed E-state index contributed by atoms with van der Waals surface area (Å²) in [4.78, 5) is 21.8. The topological polar surface area (TPSA) is 83.5 Å². The third kappa shape index (κ3) is 3.52. The van der Waals surface area contributed by atoms with Crippen molar-refractivity contribution >= 4 is 15.9 Å². The first-order chi connectivity index (χ1) is 11.9. The van der Waals surface area contributed by atoms with Crippen molar-refractivity contribution in [3.05, 3.63) is 53.9 Å². The quantitative estimate of drug-likeness (QED) is 0.814. The molecular weight excluding hydrogens is 347 g/mol. The van der Waals surface area contributed by atoms with Gasteiger partial charge >= 0.3 is 0 Å². The number of rotatable bonds is 3. The maximum atomic E-state index is 13.2. The highest BCUT2D eigenvalue weighted by molar-refractivity contribution is 7.89. The van der Waals surface area contributed by atoms with Crippen molar-refractivity contribution in [1.29, 1.82) is 0 Å². The number of hydrogen-bond donors (Lipinski definition) is 0. The predicted octanol–water partition coefficient (Wildman–Crippen LogP) is 1.07. The minimum atomic E-state index is -3.72. The molecule has 0 radical (unpaired) electrons. The van der Waals surface area contributed by atoms with Gasteiger partial charge in [-0.3, -0.25) is 9.78 Å². The SMILES string of the molecule is Cc1cc(F)ccc1S(=O)(=O)N1CCN(C(=O)c2cnccn2)CC1. The van der Waals surface area contributed by atoms with E-state index in [9.17, 15) is 17.6 Å². The van der Waals surface area contributed by atoms with Gasteiger partial charge in [-0.15, -0.1) is 0 Å². The number of amides is 1. The van der Waals surface area contributed by atoms with Crippen molar-refractivity contribution in [1.82, 2.24) is 19.2 Å². The van der Waals surface area contributed by atoms with Crippen LogP contribution in [0.1, 0.15) is 16.1 Å². The molecule has 2 heterocycles. The smallest absolute Gasteiger partial charge is 0.274 e. The largest absolute Gasteiger partial charge is 0.335 e. The fourth-order valence-corrected chi connectivity index (χ4v) is 4.37. The molecule has 1 aliphatic heterocycles. The Bertz CT molecular complexity index is 882. The van der Waals surface area contributed by atoms with Crippen molar-refractivity contribution in [3.8, 4) is 0 Å². The van der Waals surface area contributed by atoms with Crippen molar-refractivity contribution < 1.29 is 17.6 Å². The molecule has 0 saturated carbocycles. The molecule has 1 amide bonds. The van der Waals surface area contributed by atoms with Crippen LogP contribution in [-0.4, -0.2) is 59.7 Å². The number of sulfonamides is 1. The van der Waals surface area contributed by atoms with Gasteiger partial charge in [0.15, 0.2) is 0 Å². The highest BCUT2D eigenvalue weighted by Gasteiger charge is 2.31. The Morgan fingerprint density at radius 1 is 1.16 bits per heavy atom. The van der Waals surface area contributed by atoms with Crippen molar-refractivity contribution in [2.24, 2.45) is 0 Å². The van der Waals surface area contributed by atoms with Gasteiger partial charge in [-0.1, -0.05) is 0 Å². The highest BCUT2D eigenvalue weighted by atomic mass is 32.2. The Labute approximate surface area is 145 Å². The molecule has 0 bridgehead atoms. The third-order valence-electron chi connectivity index (χ3n) is 4.06. The molecule has 3 rings (SSSR count). The molecule has 1 aromatic carbocycles. The monoisotopic (exact) mass is 364 g/mol. The lowest BCUT2D eigenvalue weighted by Gasteiger charge is -2.34. The molecule has 0 atom stereocenters. The number of benzene rings is 1. The first kappa shape index (κ1) is 17.4. The van der Waals surface area contributed by atoms with Gasteiger partial charge in [0.1, 0.15) is 11.5 Å². The molecule has 25 heavy (non-hydrogen) atoms. The summed E-state index contributed by atoms with van der Waals surface area (Å²) in [7, 11) is -3.72. The van der Waals surface area contributed by atoms with Crippen LogP contribution in [0.5, 0.6) is 0 Å². The molecule has 9 heteroatoms. The molecule has 7 nitrogen and oxygen atoms in total. The number of carbonyl (C=O) groups excluding carboxylic acids is 1. The Kier molecular flexibility index (Phi) is 4.78. The van der Waals surface area contributed by atoms with E-state index in [-0.39, 0.29) is 42.7 Å². The number of piperazine rings is 1. The summed E-state index contributed by atoms with van der Waals surface area (Å²) in [5.41, 5.74) is 0.589. The molecule has 1 aliphatic rings. The summed E-state index contributed by atoms with van der Waals surface area (Å²) in [5, 5.41) is 0. The molecule has 1 fully saturated rings. The van der Waals surface area contributed by atoms with E-state index < -0.39 is 15.8 Å². The van der Waals surface area contributed by atoms with Gasteiger partial charge in [0, 0.05) is 38.6 Å². The zero-order chi connectivity index (χ0) is 18.0. The maximum absolute atomic E-state index is 13.2. The van der Waals surface area contributed by atoms with E-state index in [1.54, 1.807) is 11.8 Å². The highest BCUT2D eigenvalue weighted by Crippen LogP contribution is 2.22. The van der Waals surface area contributed by atoms with Crippen LogP contribution in [0.3, 0.4) is 0 Å². The van der Waals surface area contributed by atoms with Crippen LogP contribution in [0, 0.1) is 12.7 Å². The fourth-order valence-electron chi connectivity index (χ4n) is 2.74. The minimum absolute atomic E-state index is 0.0857. The Morgan fingerprint density at radius 3 is 2.48 bits per heavy atom. The van der Waals surface area contributed by atoms with E-state index in [1.165, 1.54) is 35.0 Å². The minimum Gasteiger partial charge on any atom is -0.335 e. The summed E-state index contributed by atoms with van der Waals surface area (Å²) in [5.74, 6) is -0.751. The van der Waals surface area contributed by atoms with Gasteiger partial charge in [0.2, 0.25) is 10.0 Å². The van der Waals surface area contributed by atoms with Gasteiger partial charge in [-0.05, 0) is 30.7 Å². The Hall–Kier alpha value is -2.39. The zero-order valence-corrected chi connectivity index (χ0v) is 14.4. The molecule has 0 unspecified atom stereocenters. The molecular formula is C16H17FN4O3S. The van der Waals surface area contributed by atoms with E-state index in [1.807, 2.05) is 0 Å². The van der Waals surface area contributed by atoms with E-state index in [2.05, 4.69) is 9.97 Å². The summed E-state index contributed by atoms with van der Waals surface area (Å²) < 4.78 is 40.0. The van der Waals surface area contributed by atoms with E-state index >= 15 is 0 Å². The van der Waals surface area contributed by atoms with Crippen molar-refractivity contribution in [2.75, 3.05) is 26.2 Å². The molecule has 0 N–H and O–H groups in total. The maximum Gasteiger partial charge on any atom is 0.274 e. The Morgan fingerprint density at radius 2 is 1.88 bits per heavy atom. The summed E-state index contributed by atoms with van der Waals surface area (Å²) in [6, 6.07) is 3.60. The second-order valence-electron chi connectivity index (χ2n) is 5.70. The van der Waals surface area contributed by atoms with Gasteiger partial charge in [0.05, 0.1) is 11.1 Å². The fraction of sp³-hybridized carbons (Fsp3) is 0.312. The second kappa shape index (κ2) is 6.85. The molecule has 0 spiro atoms. The number of nitrogens with zero attached hydrogens (tertiary/aromatic N) is 4. The number of aromatic nitrogens is 2. The standard InChI is InChI=1S/C16H17FN4O3S/c1-12-10-13(17)2-3-15(12)25(23,24)21-8-6-20(7-9-21)16(22)14-11-18-4-5-19-14/h2-5,10-11H,6-9H2,1H3. The van der Waals surface area contributed by atoms with Gasteiger partial charge in [-0.25, -0.2) is 17.8 Å². The third-order valence-corrected chi connectivity index (χ3v) is 6.12. The van der Waals surface area contributed by atoms with Crippen LogP contribution in [-0.2, 0) is 10.0 Å². The van der Waals surface area contributed by atoms with Gasteiger partial charge in [-0.2, -0.15) is 4.31 Å². The first-order valence-corrected chi connectivity index (χ1v) is 9.15. The second-order valence-corrected chi connectivity index (χ2v) is 7.60. The van der Waals surface area contributed by atoms with Crippen molar-refractivity contribution in [3.63, 3.8) is 0 Å². The molecule has 0 aliphatic carbocycles. The summed E-state index contributed by atoms with van der Waals surface area (Å²) >= 11 is 0. The first-order valence-electron chi connectivity index (χ1n) is 7.71. The van der Waals surface area contributed by atoms with Crippen molar-refractivity contribution in [2.45, 2.75) is 11.8 Å². The van der Waals surface area contributed by atoms with Crippen LogP contribution < -0.4 is 0 Å². The molecule has 1 aromatic heterocycles. The summed E-state index contributed by atoms with van der Waals surface area (Å²) in [6.07, 6.45) is 4.30. The predicted molar refractivity (Wildman–Crippen MR) is 87.8 cm³/mol. The van der Waals surface area contributed by atoms with Gasteiger partial charge < -0.3 is 4.90 Å². The van der Waals surface area contributed by atoms with E-state index in [0.29, 0.717) is 5.56 Å². The number of hydrogen-bond acceptors (Lipinski definition) is 5. The zero-order valence-electron chi connectivity index (χ0n) is 13.6. The van der Waals surface area contributed by atoms with Crippen LogP contribution in [0.15, 0.2) is 41.7 Å². The molecule has 2 aromatic rings. The number of carbonyl (C=O) groups is 1. The van der Waals surface area contributed by atoms with Crippen LogP contribution in [0.2, 0.25) is 0 Å². The lowest BCUT2D eigenvalue weighted by atomic mass is 10.2. The van der Waals surface area contributed by atoms with Crippen LogP contribution in [0.4, 0.5) is 4.39 Å². The molecule has 132 valence electrons. The average Bonchev–Trinajstić information content (AvgIpc) is 2.61. The van der Waals surface area contributed by atoms with Crippen LogP contribution >= 0.6 is 0 Å². The number of aryl methyl sites for hydroxylation is 1. The normalized spacial score (nSPS) is 16.0. The lowest BCUT2D eigenvalue weighted by Crippen LogP contribution is -2.50. The average molecular weight is 364 g/mol. The van der Waals surface area contributed by atoms with E-state index in [0.717, 1.165) is 6.07 Å². The van der Waals surface area contributed by atoms with Gasteiger partial charge in [0.25, 0.3) is 5.91 Å².